The van der Waals surface area contributed by atoms with Gasteiger partial charge in [-0.1, -0.05) is 30.3 Å². The molecule has 4 heteroatoms. The number of benzene rings is 1. The predicted molar refractivity (Wildman–Crippen MR) is 57.8 cm³/mol. The van der Waals surface area contributed by atoms with E-state index in [1.54, 1.807) is 19.0 Å². The lowest BCUT2D eigenvalue weighted by Gasteiger charge is -2.19. The highest BCUT2D eigenvalue weighted by atomic mass is 35.5. The van der Waals surface area contributed by atoms with Crippen LogP contribution in [0.1, 0.15) is 11.6 Å². The van der Waals surface area contributed by atoms with E-state index >= 15 is 0 Å². The molecule has 1 atom stereocenters. The second kappa shape index (κ2) is 5.62. The summed E-state index contributed by atoms with van der Waals surface area (Å²) in [6.45, 7) is 0. The van der Waals surface area contributed by atoms with E-state index in [0.717, 1.165) is 5.56 Å². The number of carboxylic acid groups (broad SMARTS) is 1. The van der Waals surface area contributed by atoms with Crippen LogP contribution in [0.25, 0.3) is 0 Å². The van der Waals surface area contributed by atoms with Crippen LogP contribution in [0.15, 0.2) is 30.3 Å². The highest BCUT2D eigenvalue weighted by Crippen LogP contribution is 2.17. The van der Waals surface area contributed by atoms with Gasteiger partial charge in [0.15, 0.2) is 0 Å². The zero-order valence-corrected chi connectivity index (χ0v) is 8.99. The van der Waals surface area contributed by atoms with Crippen LogP contribution < -0.4 is 0 Å². The molecule has 0 bridgehead atoms. The Balaban J connectivity index is 0.00000169. The van der Waals surface area contributed by atoms with Crippen LogP contribution in [0.3, 0.4) is 0 Å². The molecule has 0 radical (unpaired) electrons. The van der Waals surface area contributed by atoms with Gasteiger partial charge in [-0.2, -0.15) is 0 Å². The summed E-state index contributed by atoms with van der Waals surface area (Å²) in [6, 6.07) is 8.64. The molecule has 0 aliphatic carbocycles. The van der Waals surface area contributed by atoms with E-state index in [9.17, 15) is 4.79 Å². The minimum absolute atomic E-state index is 0. The molecule has 0 saturated heterocycles. The lowest BCUT2D eigenvalue weighted by molar-refractivity contribution is -0.142. The van der Waals surface area contributed by atoms with Gasteiger partial charge in [-0.3, -0.25) is 9.69 Å². The SMILES string of the molecule is CN(C)[C@@H](C(=O)O)c1ccccc1.Cl. The molecular weight excluding hydrogens is 202 g/mol. The Bertz CT molecular complexity index is 287. The molecule has 14 heavy (non-hydrogen) atoms. The van der Waals surface area contributed by atoms with Gasteiger partial charge >= 0.3 is 5.97 Å². The van der Waals surface area contributed by atoms with E-state index in [0.29, 0.717) is 0 Å². The number of nitrogens with zero attached hydrogens (tertiary/aromatic N) is 1. The molecule has 0 heterocycles. The number of carbonyl (C=O) groups is 1. The van der Waals surface area contributed by atoms with E-state index in [-0.39, 0.29) is 12.4 Å². The molecule has 0 spiro atoms. The molecule has 1 aromatic rings. The van der Waals surface area contributed by atoms with Crippen molar-refractivity contribution in [1.82, 2.24) is 4.90 Å². The lowest BCUT2D eigenvalue weighted by Crippen LogP contribution is -2.27. The molecular formula is C10H14ClNO2. The fourth-order valence-electron chi connectivity index (χ4n) is 1.30. The monoisotopic (exact) mass is 215 g/mol. The van der Waals surface area contributed by atoms with E-state index in [1.165, 1.54) is 0 Å². The zero-order chi connectivity index (χ0) is 9.84. The topological polar surface area (TPSA) is 40.5 Å². The minimum Gasteiger partial charge on any atom is -0.480 e. The first-order valence-electron chi connectivity index (χ1n) is 4.07. The Morgan fingerprint density at radius 1 is 1.29 bits per heavy atom. The van der Waals surface area contributed by atoms with Gasteiger partial charge in [0.1, 0.15) is 6.04 Å². The van der Waals surface area contributed by atoms with Crippen molar-refractivity contribution in [1.29, 1.82) is 0 Å². The maximum atomic E-state index is 10.9. The normalized spacial score (nSPS) is 11.9. The number of aliphatic carboxylic acids is 1. The van der Waals surface area contributed by atoms with Crippen molar-refractivity contribution in [3.8, 4) is 0 Å². The summed E-state index contributed by atoms with van der Waals surface area (Å²) in [5.41, 5.74) is 0.806. The molecule has 1 aromatic carbocycles. The van der Waals surface area contributed by atoms with E-state index in [4.69, 9.17) is 5.11 Å². The Labute approximate surface area is 89.8 Å². The Hall–Kier alpha value is -1.06. The summed E-state index contributed by atoms with van der Waals surface area (Å²) >= 11 is 0. The van der Waals surface area contributed by atoms with Gasteiger partial charge in [-0.05, 0) is 19.7 Å². The van der Waals surface area contributed by atoms with Gasteiger partial charge < -0.3 is 5.11 Å². The van der Waals surface area contributed by atoms with Crippen LogP contribution in [0.4, 0.5) is 0 Å². The highest BCUT2D eigenvalue weighted by Gasteiger charge is 2.21. The standard InChI is InChI=1S/C10H13NO2.ClH/c1-11(2)9(10(12)13)8-6-4-3-5-7-8;/h3-7,9H,1-2H3,(H,12,13);1H/t9-;/m1./s1. The number of carboxylic acids is 1. The maximum absolute atomic E-state index is 10.9. The number of halogens is 1. The molecule has 1 N–H and O–H groups in total. The zero-order valence-electron chi connectivity index (χ0n) is 8.18. The van der Waals surface area contributed by atoms with Crippen LogP contribution in [-0.2, 0) is 4.79 Å². The molecule has 1 rings (SSSR count). The van der Waals surface area contributed by atoms with Gasteiger partial charge in [-0.25, -0.2) is 0 Å². The Kier molecular flexibility index (Phi) is 5.20. The van der Waals surface area contributed by atoms with Gasteiger partial charge in [0.05, 0.1) is 0 Å². The summed E-state index contributed by atoms with van der Waals surface area (Å²) in [6.07, 6.45) is 0. The average molecular weight is 216 g/mol. The largest absolute Gasteiger partial charge is 0.480 e. The predicted octanol–water partition coefficient (Wildman–Crippen LogP) is 1.80. The van der Waals surface area contributed by atoms with Crippen LogP contribution >= 0.6 is 12.4 Å². The average Bonchev–Trinajstić information content (AvgIpc) is 2.04. The van der Waals surface area contributed by atoms with E-state index in [1.807, 2.05) is 30.3 Å². The van der Waals surface area contributed by atoms with Gasteiger partial charge in [0.25, 0.3) is 0 Å². The van der Waals surface area contributed by atoms with Crippen molar-refractivity contribution in [3.05, 3.63) is 35.9 Å². The summed E-state index contributed by atoms with van der Waals surface area (Å²) in [4.78, 5) is 12.6. The molecule has 0 aromatic heterocycles. The summed E-state index contributed by atoms with van der Waals surface area (Å²) in [5.74, 6) is -0.823. The summed E-state index contributed by atoms with van der Waals surface area (Å²) in [7, 11) is 3.51. The number of hydrogen-bond donors (Lipinski definition) is 1. The highest BCUT2D eigenvalue weighted by molar-refractivity contribution is 5.85. The van der Waals surface area contributed by atoms with Gasteiger partial charge in [0.2, 0.25) is 0 Å². The smallest absolute Gasteiger partial charge is 0.325 e. The molecule has 3 nitrogen and oxygen atoms in total. The molecule has 0 saturated carbocycles. The molecule has 78 valence electrons. The third kappa shape index (κ3) is 3.01. The molecule has 0 fully saturated rings. The van der Waals surface area contributed by atoms with Crippen LogP contribution in [0.2, 0.25) is 0 Å². The number of rotatable bonds is 3. The quantitative estimate of drug-likeness (QED) is 0.836. The minimum atomic E-state index is -0.823. The van der Waals surface area contributed by atoms with Crippen molar-refractivity contribution in [2.45, 2.75) is 6.04 Å². The summed E-state index contributed by atoms with van der Waals surface area (Å²) < 4.78 is 0. The fraction of sp³-hybridized carbons (Fsp3) is 0.300. The summed E-state index contributed by atoms with van der Waals surface area (Å²) in [5, 5.41) is 8.96. The van der Waals surface area contributed by atoms with Crippen molar-refractivity contribution in [2.24, 2.45) is 0 Å². The van der Waals surface area contributed by atoms with Crippen molar-refractivity contribution in [3.63, 3.8) is 0 Å². The van der Waals surface area contributed by atoms with E-state index < -0.39 is 12.0 Å². The molecule has 0 unspecified atom stereocenters. The van der Waals surface area contributed by atoms with Crippen molar-refractivity contribution < 1.29 is 9.90 Å². The third-order valence-electron chi connectivity index (χ3n) is 1.87. The van der Waals surface area contributed by atoms with Crippen LogP contribution in [-0.4, -0.2) is 30.1 Å². The lowest BCUT2D eigenvalue weighted by atomic mass is 10.1. The second-order valence-electron chi connectivity index (χ2n) is 3.12. The second-order valence-corrected chi connectivity index (χ2v) is 3.12. The number of likely N-dealkylation sites (N-methyl/N-ethyl adjacent to an activating group) is 1. The molecule has 0 amide bonds. The van der Waals surface area contributed by atoms with Crippen molar-refractivity contribution >= 4 is 18.4 Å². The molecule has 0 aliphatic heterocycles. The van der Waals surface area contributed by atoms with Crippen LogP contribution in [0, 0.1) is 0 Å². The third-order valence-corrected chi connectivity index (χ3v) is 1.87. The Morgan fingerprint density at radius 3 is 2.14 bits per heavy atom. The van der Waals surface area contributed by atoms with E-state index in [2.05, 4.69) is 0 Å². The molecule has 0 aliphatic rings. The van der Waals surface area contributed by atoms with Crippen LogP contribution in [0.5, 0.6) is 0 Å². The van der Waals surface area contributed by atoms with Crippen molar-refractivity contribution in [2.75, 3.05) is 14.1 Å². The van der Waals surface area contributed by atoms with Gasteiger partial charge in [0, 0.05) is 0 Å². The fourth-order valence-corrected chi connectivity index (χ4v) is 1.30. The van der Waals surface area contributed by atoms with Gasteiger partial charge in [-0.15, -0.1) is 12.4 Å². The Morgan fingerprint density at radius 2 is 1.79 bits per heavy atom. The first-order chi connectivity index (χ1) is 6.13. The maximum Gasteiger partial charge on any atom is 0.325 e. The first-order valence-corrected chi connectivity index (χ1v) is 4.07. The number of hydrogen-bond acceptors (Lipinski definition) is 2. The first kappa shape index (κ1) is 12.9.